The molecule has 0 atom stereocenters. The van der Waals surface area contributed by atoms with E-state index < -0.39 is 0 Å². The van der Waals surface area contributed by atoms with Crippen LogP contribution < -0.4 is 11.1 Å². The lowest BCUT2D eigenvalue weighted by Gasteiger charge is -2.15. The Kier molecular flexibility index (Phi) is 3.82. The average molecular weight is 250 g/mol. The maximum Gasteiger partial charge on any atom is 0.132 e. The van der Waals surface area contributed by atoms with Gasteiger partial charge in [-0.1, -0.05) is 17.7 Å². The minimum Gasteiger partial charge on any atom is -0.383 e. The normalized spacial score (nSPS) is 16.8. The van der Waals surface area contributed by atoms with Crippen molar-refractivity contribution in [1.29, 1.82) is 0 Å². The first-order valence-electron chi connectivity index (χ1n) is 5.67. The molecule has 0 unspecified atom stereocenters. The largest absolute Gasteiger partial charge is 0.383 e. The molecular weight excluding hydrogens is 234 g/mol. The summed E-state index contributed by atoms with van der Waals surface area (Å²) in [6.45, 7) is 4.03. The summed E-state index contributed by atoms with van der Waals surface area (Å²) in [5.41, 5.74) is 9.19. The molecule has 2 rings (SSSR count). The molecule has 3 N–H and O–H groups in total. The molecule has 90 valence electrons. The number of hydrogen-bond acceptors (Lipinski definition) is 3. The summed E-state index contributed by atoms with van der Waals surface area (Å²) in [4.78, 5) is 4.06. The van der Waals surface area contributed by atoms with E-state index in [-0.39, 0.29) is 0 Å². The fraction of sp³-hybridized carbons (Fsp3) is 0.308. The first kappa shape index (κ1) is 12.1. The van der Waals surface area contributed by atoms with Crippen LogP contribution in [-0.2, 0) is 0 Å². The zero-order valence-corrected chi connectivity index (χ0v) is 10.6. The number of nitrogens with zero attached hydrogens (tertiary/aromatic N) is 1. The van der Waals surface area contributed by atoms with Crippen molar-refractivity contribution in [1.82, 2.24) is 10.3 Å². The lowest BCUT2D eigenvalue weighted by Crippen LogP contribution is -2.20. The second-order valence-corrected chi connectivity index (χ2v) is 4.51. The number of nitrogen functional groups attached to an aromatic ring is 1. The van der Waals surface area contributed by atoms with Crippen LogP contribution >= 0.6 is 11.6 Å². The third-order valence-corrected chi connectivity index (χ3v) is 3.23. The molecule has 2 heterocycles. The van der Waals surface area contributed by atoms with Crippen molar-refractivity contribution in [3.8, 4) is 0 Å². The van der Waals surface area contributed by atoms with Crippen molar-refractivity contribution < 1.29 is 0 Å². The van der Waals surface area contributed by atoms with Gasteiger partial charge in [-0.05, 0) is 43.2 Å². The maximum absolute atomic E-state index is 6.12. The highest BCUT2D eigenvalue weighted by Gasteiger charge is 2.07. The molecule has 1 aliphatic rings. The van der Waals surface area contributed by atoms with E-state index in [1.54, 1.807) is 12.3 Å². The van der Waals surface area contributed by atoms with Gasteiger partial charge in [-0.15, -0.1) is 0 Å². The fourth-order valence-electron chi connectivity index (χ4n) is 1.90. The van der Waals surface area contributed by atoms with Crippen molar-refractivity contribution in [2.75, 3.05) is 18.8 Å². The Morgan fingerprint density at radius 1 is 1.59 bits per heavy atom. The lowest BCUT2D eigenvalue weighted by molar-refractivity contribution is 0.708. The van der Waals surface area contributed by atoms with Gasteiger partial charge in [-0.3, -0.25) is 0 Å². The molecule has 0 fully saturated rings. The van der Waals surface area contributed by atoms with Crippen LogP contribution in [0, 0.1) is 0 Å². The van der Waals surface area contributed by atoms with Gasteiger partial charge in [-0.2, -0.15) is 0 Å². The van der Waals surface area contributed by atoms with Crippen LogP contribution in [0.25, 0.3) is 6.08 Å². The molecule has 0 saturated carbocycles. The van der Waals surface area contributed by atoms with Crippen LogP contribution in [-0.4, -0.2) is 18.1 Å². The molecule has 4 heteroatoms. The number of halogens is 1. The van der Waals surface area contributed by atoms with E-state index in [9.17, 15) is 0 Å². The van der Waals surface area contributed by atoms with E-state index in [2.05, 4.69) is 23.3 Å². The van der Waals surface area contributed by atoms with Crippen LogP contribution in [0.15, 0.2) is 29.5 Å². The molecule has 0 spiro atoms. The van der Waals surface area contributed by atoms with Crippen molar-refractivity contribution in [2.24, 2.45) is 0 Å². The third-order valence-electron chi connectivity index (χ3n) is 2.90. The quantitative estimate of drug-likeness (QED) is 0.847. The van der Waals surface area contributed by atoms with Gasteiger partial charge in [0.2, 0.25) is 0 Å². The van der Waals surface area contributed by atoms with Gasteiger partial charge in [0, 0.05) is 18.3 Å². The Balaban J connectivity index is 2.32. The van der Waals surface area contributed by atoms with Gasteiger partial charge in [0.05, 0.1) is 5.02 Å². The predicted molar refractivity (Wildman–Crippen MR) is 72.9 cm³/mol. The van der Waals surface area contributed by atoms with Crippen LogP contribution in [0.4, 0.5) is 5.82 Å². The highest BCUT2D eigenvalue weighted by molar-refractivity contribution is 6.32. The Bertz CT molecular complexity index is 457. The summed E-state index contributed by atoms with van der Waals surface area (Å²) in [7, 11) is 0. The fourth-order valence-corrected chi connectivity index (χ4v) is 2.11. The van der Waals surface area contributed by atoms with Crippen LogP contribution in [0.5, 0.6) is 0 Å². The van der Waals surface area contributed by atoms with Crippen molar-refractivity contribution in [3.05, 3.63) is 40.1 Å². The standard InChI is InChI=1S/C13H16ClN3/c1-9(10-2-5-16-6-3-10)8-11-12(14)4-7-17-13(11)15/h2,4,7-8,16H,3,5-6H2,1H3,(H2,15,17)/b9-8+. The molecular formula is C13H16ClN3. The van der Waals surface area contributed by atoms with E-state index in [0.717, 1.165) is 25.1 Å². The molecule has 0 aliphatic carbocycles. The van der Waals surface area contributed by atoms with Gasteiger partial charge in [0.15, 0.2) is 0 Å². The summed E-state index contributed by atoms with van der Waals surface area (Å²) in [6, 6.07) is 1.76. The van der Waals surface area contributed by atoms with Gasteiger partial charge >= 0.3 is 0 Å². The monoisotopic (exact) mass is 249 g/mol. The SMILES string of the molecule is C/C(=C\c1c(Cl)ccnc1N)C1=CCNCC1. The molecule has 0 radical (unpaired) electrons. The molecule has 3 nitrogen and oxygen atoms in total. The number of nitrogens with one attached hydrogen (secondary N) is 1. The first-order valence-corrected chi connectivity index (χ1v) is 6.04. The minimum absolute atomic E-state index is 0.478. The highest BCUT2D eigenvalue weighted by atomic mass is 35.5. The summed E-state index contributed by atoms with van der Waals surface area (Å²) < 4.78 is 0. The number of aromatic nitrogens is 1. The lowest BCUT2D eigenvalue weighted by atomic mass is 9.99. The van der Waals surface area contributed by atoms with E-state index in [0.29, 0.717) is 10.8 Å². The van der Waals surface area contributed by atoms with E-state index in [4.69, 9.17) is 17.3 Å². The summed E-state index contributed by atoms with van der Waals surface area (Å²) in [5, 5.41) is 3.93. The van der Waals surface area contributed by atoms with Gasteiger partial charge < -0.3 is 11.1 Å². The van der Waals surface area contributed by atoms with Crippen molar-refractivity contribution >= 4 is 23.5 Å². The highest BCUT2D eigenvalue weighted by Crippen LogP contribution is 2.25. The Morgan fingerprint density at radius 2 is 2.41 bits per heavy atom. The topological polar surface area (TPSA) is 50.9 Å². The van der Waals surface area contributed by atoms with E-state index in [1.807, 2.05) is 6.08 Å². The van der Waals surface area contributed by atoms with Crippen LogP contribution in [0.3, 0.4) is 0 Å². The molecule has 0 amide bonds. The summed E-state index contributed by atoms with van der Waals surface area (Å²) in [6.07, 6.45) is 6.88. The second kappa shape index (κ2) is 5.34. The Hall–Kier alpha value is -1.32. The van der Waals surface area contributed by atoms with Gasteiger partial charge in [-0.25, -0.2) is 4.98 Å². The molecule has 1 aliphatic heterocycles. The Labute approximate surface area is 106 Å². The van der Waals surface area contributed by atoms with Crippen LogP contribution in [0.1, 0.15) is 18.9 Å². The van der Waals surface area contributed by atoms with E-state index >= 15 is 0 Å². The molecule has 0 aromatic carbocycles. The van der Waals surface area contributed by atoms with Gasteiger partial charge in [0.1, 0.15) is 5.82 Å². The number of pyridine rings is 1. The van der Waals surface area contributed by atoms with Crippen molar-refractivity contribution in [3.63, 3.8) is 0 Å². The van der Waals surface area contributed by atoms with Gasteiger partial charge in [0.25, 0.3) is 0 Å². The molecule has 1 aromatic heterocycles. The molecule has 0 saturated heterocycles. The summed E-state index contributed by atoms with van der Waals surface area (Å²) >= 11 is 6.12. The summed E-state index contributed by atoms with van der Waals surface area (Å²) in [5.74, 6) is 0.478. The number of nitrogens with two attached hydrogens (primary N) is 1. The predicted octanol–water partition coefficient (Wildman–Crippen LogP) is 2.64. The van der Waals surface area contributed by atoms with Crippen molar-refractivity contribution in [2.45, 2.75) is 13.3 Å². The molecule has 17 heavy (non-hydrogen) atoms. The minimum atomic E-state index is 0.478. The number of allylic oxidation sites excluding steroid dienone is 1. The zero-order valence-electron chi connectivity index (χ0n) is 9.83. The smallest absolute Gasteiger partial charge is 0.132 e. The maximum atomic E-state index is 6.12. The molecule has 1 aromatic rings. The van der Waals surface area contributed by atoms with E-state index in [1.165, 1.54) is 11.1 Å². The number of anilines is 1. The first-order chi connectivity index (χ1) is 8.18. The number of rotatable bonds is 2. The zero-order chi connectivity index (χ0) is 12.3. The number of hydrogen-bond donors (Lipinski definition) is 2. The molecule has 0 bridgehead atoms. The second-order valence-electron chi connectivity index (χ2n) is 4.10. The average Bonchev–Trinajstić information content (AvgIpc) is 2.35. The Morgan fingerprint density at radius 3 is 3.06 bits per heavy atom. The van der Waals surface area contributed by atoms with Crippen LogP contribution in [0.2, 0.25) is 5.02 Å². The third kappa shape index (κ3) is 2.87.